The van der Waals surface area contributed by atoms with Crippen LogP contribution in [0.2, 0.25) is 0 Å². The highest BCUT2D eigenvalue weighted by Gasteiger charge is 2.40. The molecule has 0 bridgehead atoms. The first-order valence-electron chi connectivity index (χ1n) is 5.75. The lowest BCUT2D eigenvalue weighted by Crippen LogP contribution is -2.61. The number of hydrogen-bond donors (Lipinski definition) is 2. The minimum absolute atomic E-state index is 0.124. The van der Waals surface area contributed by atoms with Gasteiger partial charge in [0, 0.05) is 38.2 Å². The number of piperazine rings is 1. The molecule has 3 N–H and O–H groups in total. The first kappa shape index (κ1) is 13.2. The van der Waals surface area contributed by atoms with Gasteiger partial charge in [-0.05, 0) is 13.8 Å². The third-order valence-electron chi connectivity index (χ3n) is 3.39. The van der Waals surface area contributed by atoms with Crippen molar-refractivity contribution in [2.45, 2.75) is 25.9 Å². The number of nitrogen functional groups attached to an aromatic ring is 1. The van der Waals surface area contributed by atoms with Gasteiger partial charge >= 0.3 is 0 Å². The van der Waals surface area contributed by atoms with Gasteiger partial charge in [-0.1, -0.05) is 4.49 Å². The summed E-state index contributed by atoms with van der Waals surface area (Å²) in [4.78, 5) is 16.0. The molecule has 0 spiro atoms. The van der Waals surface area contributed by atoms with Crippen molar-refractivity contribution in [1.82, 2.24) is 19.4 Å². The van der Waals surface area contributed by atoms with Crippen LogP contribution in [0, 0.1) is 0 Å². The van der Waals surface area contributed by atoms with Gasteiger partial charge in [0.15, 0.2) is 0 Å². The van der Waals surface area contributed by atoms with Gasteiger partial charge in [-0.2, -0.15) is 0 Å². The Bertz CT molecular complexity index is 445. The number of amides is 1. The molecule has 1 aromatic heterocycles. The molecule has 1 fully saturated rings. The van der Waals surface area contributed by atoms with Gasteiger partial charge in [0.05, 0.1) is 5.54 Å². The molecule has 2 rings (SSSR count). The molecule has 2 heterocycles. The zero-order valence-corrected chi connectivity index (χ0v) is 11.6. The highest BCUT2D eigenvalue weighted by Crippen LogP contribution is 2.26. The lowest BCUT2D eigenvalue weighted by Gasteiger charge is -2.44. The topological polar surface area (TPSA) is 87.4 Å². The van der Waals surface area contributed by atoms with E-state index in [0.29, 0.717) is 6.54 Å². The van der Waals surface area contributed by atoms with E-state index in [2.05, 4.69) is 19.9 Å². The lowest BCUT2D eigenvalue weighted by molar-refractivity contribution is -0.147. The summed E-state index contributed by atoms with van der Waals surface area (Å²) in [5.41, 5.74) is 2.84. The Morgan fingerprint density at radius 1 is 1.50 bits per heavy atom. The minimum Gasteiger partial charge on any atom is -0.343 e. The maximum atomic E-state index is 12.2. The van der Waals surface area contributed by atoms with Crippen LogP contribution in [0.25, 0.3) is 0 Å². The Morgan fingerprint density at radius 3 is 2.89 bits per heavy atom. The summed E-state index contributed by atoms with van der Waals surface area (Å²) < 4.78 is 3.87. The minimum atomic E-state index is -0.525. The van der Waals surface area contributed by atoms with E-state index in [0.717, 1.165) is 23.8 Å². The zero-order valence-electron chi connectivity index (χ0n) is 10.8. The molecule has 0 unspecified atom stereocenters. The highest BCUT2D eigenvalue weighted by atomic mass is 32.1. The molecule has 0 radical (unpaired) electrons. The number of nitrogens with one attached hydrogen (secondary N) is 1. The molecular formula is C10H18N6OS. The standard InChI is InChI=1S/C10H18N6OS/c1-10(2)9(17)15(3)4-5-16(10)6-7-8(12-11)18-14-13-7/h12H,4-6,11H2,1-3H3. The number of hydrogen-bond acceptors (Lipinski definition) is 7. The summed E-state index contributed by atoms with van der Waals surface area (Å²) in [5.74, 6) is 5.53. The fraction of sp³-hybridized carbons (Fsp3) is 0.700. The van der Waals surface area contributed by atoms with Crippen LogP contribution in [0.3, 0.4) is 0 Å². The number of aromatic nitrogens is 2. The van der Waals surface area contributed by atoms with Crippen LogP contribution in [0.1, 0.15) is 19.5 Å². The second kappa shape index (κ2) is 4.79. The molecule has 0 aliphatic carbocycles. The Kier molecular flexibility index (Phi) is 3.51. The van der Waals surface area contributed by atoms with Gasteiger partial charge in [-0.15, -0.1) is 5.10 Å². The summed E-state index contributed by atoms with van der Waals surface area (Å²) in [5, 5.41) is 4.80. The third kappa shape index (κ3) is 2.18. The number of nitrogens with zero attached hydrogens (tertiary/aromatic N) is 4. The molecular weight excluding hydrogens is 252 g/mol. The number of anilines is 1. The van der Waals surface area contributed by atoms with Crippen molar-refractivity contribution in [3.63, 3.8) is 0 Å². The maximum Gasteiger partial charge on any atom is 0.242 e. The summed E-state index contributed by atoms with van der Waals surface area (Å²) in [6.07, 6.45) is 0. The second-order valence-electron chi connectivity index (χ2n) is 4.90. The zero-order chi connectivity index (χ0) is 13.3. The van der Waals surface area contributed by atoms with Gasteiger partial charge < -0.3 is 10.3 Å². The quantitative estimate of drug-likeness (QED) is 0.588. The molecule has 0 aromatic carbocycles. The van der Waals surface area contributed by atoms with E-state index < -0.39 is 5.54 Å². The molecule has 0 atom stereocenters. The fourth-order valence-corrected chi connectivity index (χ4v) is 2.62. The van der Waals surface area contributed by atoms with E-state index >= 15 is 0 Å². The smallest absolute Gasteiger partial charge is 0.242 e. The summed E-state index contributed by atoms with van der Waals surface area (Å²) >= 11 is 1.22. The molecule has 0 saturated carbocycles. The first-order chi connectivity index (χ1) is 8.46. The molecule has 1 aromatic rings. The van der Waals surface area contributed by atoms with Crippen LogP contribution in [-0.2, 0) is 11.3 Å². The van der Waals surface area contributed by atoms with Crippen molar-refractivity contribution < 1.29 is 4.79 Å². The van der Waals surface area contributed by atoms with Crippen molar-refractivity contribution in [3.05, 3.63) is 5.69 Å². The van der Waals surface area contributed by atoms with Gasteiger partial charge in [-0.3, -0.25) is 9.69 Å². The van der Waals surface area contributed by atoms with Gasteiger partial charge in [0.25, 0.3) is 0 Å². The van der Waals surface area contributed by atoms with Gasteiger partial charge in [0.1, 0.15) is 10.7 Å². The molecule has 1 aliphatic heterocycles. The van der Waals surface area contributed by atoms with Crippen molar-refractivity contribution in [2.24, 2.45) is 5.84 Å². The van der Waals surface area contributed by atoms with Crippen LogP contribution in [0.5, 0.6) is 0 Å². The Balaban J connectivity index is 2.16. The van der Waals surface area contributed by atoms with Crippen molar-refractivity contribution in [1.29, 1.82) is 0 Å². The summed E-state index contributed by atoms with van der Waals surface area (Å²) in [6, 6.07) is 0. The van der Waals surface area contributed by atoms with Crippen LogP contribution in [0.15, 0.2) is 0 Å². The molecule has 1 amide bonds. The van der Waals surface area contributed by atoms with E-state index in [1.165, 1.54) is 11.5 Å². The number of hydrazine groups is 1. The SMILES string of the molecule is CN1CCN(Cc2nnsc2NN)C(C)(C)C1=O. The predicted molar refractivity (Wildman–Crippen MR) is 69.8 cm³/mol. The Hall–Kier alpha value is -1.25. The average Bonchev–Trinajstić information content (AvgIpc) is 2.78. The molecule has 8 heteroatoms. The first-order valence-corrected chi connectivity index (χ1v) is 6.52. The molecule has 7 nitrogen and oxygen atoms in total. The molecule has 18 heavy (non-hydrogen) atoms. The second-order valence-corrected chi connectivity index (χ2v) is 5.65. The number of carbonyl (C=O) groups excluding carboxylic acids is 1. The number of nitrogens with two attached hydrogens (primary N) is 1. The Morgan fingerprint density at radius 2 is 2.22 bits per heavy atom. The van der Waals surface area contributed by atoms with Gasteiger partial charge in [-0.25, -0.2) is 5.84 Å². The van der Waals surface area contributed by atoms with E-state index in [1.54, 1.807) is 4.90 Å². The van der Waals surface area contributed by atoms with E-state index in [1.807, 2.05) is 20.9 Å². The van der Waals surface area contributed by atoms with Crippen molar-refractivity contribution in [3.8, 4) is 0 Å². The van der Waals surface area contributed by atoms with E-state index in [-0.39, 0.29) is 5.91 Å². The normalized spacial score (nSPS) is 20.2. The summed E-state index contributed by atoms with van der Waals surface area (Å²) in [6.45, 7) is 5.98. The van der Waals surface area contributed by atoms with Crippen LogP contribution in [0.4, 0.5) is 5.00 Å². The maximum absolute atomic E-state index is 12.2. The van der Waals surface area contributed by atoms with Crippen LogP contribution >= 0.6 is 11.5 Å². The number of likely N-dealkylation sites (N-methyl/N-ethyl adjacent to an activating group) is 1. The van der Waals surface area contributed by atoms with Gasteiger partial charge in [0.2, 0.25) is 5.91 Å². The van der Waals surface area contributed by atoms with Crippen molar-refractivity contribution >= 4 is 22.4 Å². The Labute approximate surface area is 110 Å². The molecule has 100 valence electrons. The molecule has 1 aliphatic rings. The largest absolute Gasteiger partial charge is 0.343 e. The third-order valence-corrected chi connectivity index (χ3v) is 4.09. The fourth-order valence-electron chi connectivity index (χ4n) is 2.13. The van der Waals surface area contributed by atoms with Crippen LogP contribution in [-0.4, -0.2) is 51.0 Å². The van der Waals surface area contributed by atoms with E-state index in [9.17, 15) is 4.79 Å². The lowest BCUT2D eigenvalue weighted by atomic mass is 9.97. The number of rotatable bonds is 3. The van der Waals surface area contributed by atoms with E-state index in [4.69, 9.17) is 5.84 Å². The predicted octanol–water partition coefficient (Wildman–Crippen LogP) is -0.124. The monoisotopic (exact) mass is 270 g/mol. The van der Waals surface area contributed by atoms with Crippen LogP contribution < -0.4 is 11.3 Å². The summed E-state index contributed by atoms with van der Waals surface area (Å²) in [7, 11) is 1.83. The number of carbonyl (C=O) groups is 1. The molecule has 1 saturated heterocycles. The van der Waals surface area contributed by atoms with Crippen molar-refractivity contribution in [2.75, 3.05) is 25.6 Å². The highest BCUT2D eigenvalue weighted by molar-refractivity contribution is 7.10. The average molecular weight is 270 g/mol.